The van der Waals surface area contributed by atoms with Crippen molar-refractivity contribution >= 4 is 18.1 Å². The minimum Gasteiger partial charge on any atom is -0.366 e. The van der Waals surface area contributed by atoms with Crippen LogP contribution in [0.3, 0.4) is 0 Å². The molecule has 25 heavy (non-hydrogen) atoms. The summed E-state index contributed by atoms with van der Waals surface area (Å²) in [6, 6.07) is 0. The molecule has 0 radical (unpaired) electrons. The molecule has 0 aliphatic carbocycles. The van der Waals surface area contributed by atoms with Crippen LogP contribution in [0.2, 0.25) is 0 Å². The van der Waals surface area contributed by atoms with Gasteiger partial charge in [0.2, 0.25) is 0 Å². The Morgan fingerprint density at radius 3 is 2.12 bits per heavy atom. The van der Waals surface area contributed by atoms with Gasteiger partial charge in [0.15, 0.2) is 0 Å². The Balaban J connectivity index is 3.52. The van der Waals surface area contributed by atoms with Crippen LogP contribution in [0.25, 0.3) is 0 Å². The lowest BCUT2D eigenvalue weighted by molar-refractivity contribution is -0.143. The van der Waals surface area contributed by atoms with E-state index in [4.69, 9.17) is 10.6 Å². The van der Waals surface area contributed by atoms with E-state index in [0.29, 0.717) is 6.42 Å². The molecular weight excluding hydrogens is 316 g/mol. The lowest BCUT2D eigenvalue weighted by Gasteiger charge is -2.01. The number of nitrogens with one attached hydrogen (secondary N) is 1. The number of hydrogen-bond donors (Lipinski definition) is 2. The lowest BCUT2D eigenvalue weighted by atomic mass is 10.1. The highest BCUT2D eigenvalue weighted by molar-refractivity contribution is 5.79. The smallest absolute Gasteiger partial charge is 0.335 e. The van der Waals surface area contributed by atoms with Gasteiger partial charge in [-0.25, -0.2) is 10.2 Å². The zero-order chi connectivity index (χ0) is 18.6. The van der Waals surface area contributed by atoms with Gasteiger partial charge in [-0.05, 0) is 24.4 Å². The first-order valence-corrected chi connectivity index (χ1v) is 10.0. The Morgan fingerprint density at radius 1 is 0.920 bits per heavy atom. The molecule has 0 spiro atoms. The van der Waals surface area contributed by atoms with E-state index in [1.165, 1.54) is 44.9 Å². The third kappa shape index (κ3) is 18.6. The van der Waals surface area contributed by atoms with Crippen molar-refractivity contribution in [2.75, 3.05) is 0 Å². The van der Waals surface area contributed by atoms with Gasteiger partial charge in [-0.2, -0.15) is 5.10 Å². The third-order valence-electron chi connectivity index (χ3n) is 3.94. The Kier molecular flexibility index (Phi) is 17.6. The Morgan fingerprint density at radius 2 is 1.48 bits per heavy atom. The van der Waals surface area contributed by atoms with E-state index in [-0.39, 0.29) is 11.9 Å². The number of oxime groups is 1. The predicted molar refractivity (Wildman–Crippen MR) is 105 cm³/mol. The highest BCUT2D eigenvalue weighted by atomic mass is 16.7. The molecule has 6 heteroatoms. The summed E-state index contributed by atoms with van der Waals surface area (Å²) in [7, 11) is 0. The van der Waals surface area contributed by atoms with Gasteiger partial charge in [-0.1, -0.05) is 78.1 Å². The van der Waals surface area contributed by atoms with Crippen LogP contribution in [0.15, 0.2) is 10.3 Å². The highest BCUT2D eigenvalue weighted by Crippen LogP contribution is 2.08. The van der Waals surface area contributed by atoms with Crippen molar-refractivity contribution in [3.05, 3.63) is 0 Å². The number of hydrogen-bond acceptors (Lipinski definition) is 4. The van der Waals surface area contributed by atoms with Gasteiger partial charge in [0.25, 0.3) is 5.96 Å². The molecule has 0 rings (SSSR count). The number of nitrogens with zero attached hydrogens (tertiary/aromatic N) is 2. The fourth-order valence-corrected chi connectivity index (χ4v) is 2.41. The molecule has 0 atom stereocenters. The summed E-state index contributed by atoms with van der Waals surface area (Å²) in [5, 5.41) is 7.50. The summed E-state index contributed by atoms with van der Waals surface area (Å²) in [6.45, 7) is 4.37. The summed E-state index contributed by atoms with van der Waals surface area (Å²) in [5.74, 6) is -0.363. The molecule has 0 aliphatic rings. The molecule has 0 aliphatic heterocycles. The first-order valence-electron chi connectivity index (χ1n) is 10.0. The maximum atomic E-state index is 11.4. The van der Waals surface area contributed by atoms with E-state index >= 15 is 0 Å². The van der Waals surface area contributed by atoms with Gasteiger partial charge in [0, 0.05) is 12.6 Å². The molecule has 0 aromatic rings. The van der Waals surface area contributed by atoms with Crippen molar-refractivity contribution in [1.82, 2.24) is 5.43 Å². The number of carbonyl (C=O) groups excluding carboxylic acids is 1. The van der Waals surface area contributed by atoms with Crippen LogP contribution >= 0.6 is 0 Å². The molecule has 146 valence electrons. The minimum atomic E-state index is -0.358. The fraction of sp³-hybridized carbons (Fsp3) is 0.842. The maximum Gasteiger partial charge on any atom is 0.335 e. The second kappa shape index (κ2) is 18.7. The highest BCUT2D eigenvalue weighted by Gasteiger charge is 2.02. The van der Waals surface area contributed by atoms with E-state index in [0.717, 1.165) is 38.5 Å². The number of guanidine groups is 1. The van der Waals surface area contributed by atoms with Crippen LogP contribution in [0.4, 0.5) is 0 Å². The van der Waals surface area contributed by atoms with Crippen LogP contribution < -0.4 is 11.2 Å². The SMILES string of the molecule is CCCCCCCCCCC=NNC(N)=NOC(=O)CCCCCC. The van der Waals surface area contributed by atoms with Crippen LogP contribution in [0.5, 0.6) is 0 Å². The van der Waals surface area contributed by atoms with Gasteiger partial charge in [-0.3, -0.25) is 0 Å². The van der Waals surface area contributed by atoms with Gasteiger partial charge in [-0.15, -0.1) is 0 Å². The number of rotatable bonds is 16. The van der Waals surface area contributed by atoms with Gasteiger partial charge in [0.1, 0.15) is 0 Å². The molecule has 0 fully saturated rings. The van der Waals surface area contributed by atoms with Crippen molar-refractivity contribution in [2.24, 2.45) is 16.0 Å². The van der Waals surface area contributed by atoms with Crippen molar-refractivity contribution in [2.45, 2.75) is 104 Å². The first kappa shape index (κ1) is 23.4. The maximum absolute atomic E-state index is 11.4. The molecular formula is C19H38N4O2. The zero-order valence-corrected chi connectivity index (χ0v) is 16.3. The van der Waals surface area contributed by atoms with Crippen LogP contribution in [0.1, 0.15) is 104 Å². The lowest BCUT2D eigenvalue weighted by Crippen LogP contribution is -2.27. The van der Waals surface area contributed by atoms with Crippen molar-refractivity contribution in [3.8, 4) is 0 Å². The molecule has 0 aromatic heterocycles. The Hall–Kier alpha value is -1.59. The molecule has 0 aromatic carbocycles. The first-order chi connectivity index (χ1) is 12.2. The molecule has 6 nitrogen and oxygen atoms in total. The fourth-order valence-electron chi connectivity index (χ4n) is 2.41. The molecule has 0 heterocycles. The van der Waals surface area contributed by atoms with Crippen molar-refractivity contribution in [1.29, 1.82) is 0 Å². The molecule has 0 bridgehead atoms. The molecule has 3 N–H and O–H groups in total. The second-order valence-corrected chi connectivity index (χ2v) is 6.44. The van der Waals surface area contributed by atoms with E-state index < -0.39 is 0 Å². The topological polar surface area (TPSA) is 89.1 Å². The number of hydrazone groups is 1. The number of unbranched alkanes of at least 4 members (excludes halogenated alkanes) is 11. The predicted octanol–water partition coefficient (Wildman–Crippen LogP) is 4.84. The third-order valence-corrected chi connectivity index (χ3v) is 3.94. The van der Waals surface area contributed by atoms with Crippen molar-refractivity contribution in [3.63, 3.8) is 0 Å². The van der Waals surface area contributed by atoms with Crippen LogP contribution in [-0.2, 0) is 9.63 Å². The Labute approximate surface area is 153 Å². The average Bonchev–Trinajstić information content (AvgIpc) is 2.61. The molecule has 0 saturated carbocycles. The van der Waals surface area contributed by atoms with Crippen LogP contribution in [-0.4, -0.2) is 18.1 Å². The van der Waals surface area contributed by atoms with E-state index in [1.807, 2.05) is 0 Å². The van der Waals surface area contributed by atoms with Crippen molar-refractivity contribution < 1.29 is 9.63 Å². The second-order valence-electron chi connectivity index (χ2n) is 6.44. The van der Waals surface area contributed by atoms with Gasteiger partial charge in [0.05, 0.1) is 0 Å². The van der Waals surface area contributed by atoms with E-state index in [9.17, 15) is 4.79 Å². The summed E-state index contributed by atoms with van der Waals surface area (Å²) >= 11 is 0. The number of carbonyl (C=O) groups is 1. The summed E-state index contributed by atoms with van der Waals surface area (Å²) in [6.07, 6.45) is 17.6. The summed E-state index contributed by atoms with van der Waals surface area (Å²) < 4.78 is 0. The quantitative estimate of drug-likeness (QED) is 0.136. The minimum absolute atomic E-state index is 0.00548. The summed E-state index contributed by atoms with van der Waals surface area (Å²) in [4.78, 5) is 16.1. The van der Waals surface area contributed by atoms with E-state index in [2.05, 4.69) is 29.5 Å². The number of nitrogens with two attached hydrogens (primary N) is 1. The normalized spacial score (nSPS) is 11.8. The average molecular weight is 355 g/mol. The van der Waals surface area contributed by atoms with Crippen LogP contribution in [0, 0.1) is 0 Å². The molecule has 0 unspecified atom stereocenters. The standard InChI is InChI=1S/C19H38N4O2/c1-3-5-7-9-10-11-12-13-15-17-21-22-19(20)23-25-18(24)16-14-8-6-4-2/h17H,3-16H2,1-2H3,(H3,20,22,23). The molecule has 0 saturated heterocycles. The Bertz CT molecular complexity index is 370. The molecule has 0 amide bonds. The van der Waals surface area contributed by atoms with E-state index in [1.54, 1.807) is 6.21 Å². The summed E-state index contributed by atoms with van der Waals surface area (Å²) in [5.41, 5.74) is 8.13. The largest absolute Gasteiger partial charge is 0.366 e. The van der Waals surface area contributed by atoms with Gasteiger partial charge >= 0.3 is 5.97 Å². The van der Waals surface area contributed by atoms with Gasteiger partial charge < -0.3 is 10.6 Å². The zero-order valence-electron chi connectivity index (χ0n) is 16.3. The monoisotopic (exact) mass is 354 g/mol.